The van der Waals surface area contributed by atoms with Crippen molar-refractivity contribution in [2.45, 2.75) is 31.5 Å². The number of halogens is 2. The van der Waals surface area contributed by atoms with Crippen molar-refractivity contribution in [3.63, 3.8) is 0 Å². The molecule has 0 radical (unpaired) electrons. The van der Waals surface area contributed by atoms with E-state index in [2.05, 4.69) is 21.4 Å². The van der Waals surface area contributed by atoms with Crippen molar-refractivity contribution in [1.82, 2.24) is 9.97 Å². The van der Waals surface area contributed by atoms with Crippen LogP contribution in [0.1, 0.15) is 23.6 Å². The lowest BCUT2D eigenvalue weighted by Crippen LogP contribution is -2.37. The van der Waals surface area contributed by atoms with Crippen LogP contribution in [0.25, 0.3) is 0 Å². The van der Waals surface area contributed by atoms with Crippen LogP contribution in [0.15, 0.2) is 30.6 Å². The zero-order chi connectivity index (χ0) is 18.0. The van der Waals surface area contributed by atoms with Gasteiger partial charge in [0.2, 0.25) is 5.91 Å². The van der Waals surface area contributed by atoms with Crippen molar-refractivity contribution < 1.29 is 9.53 Å². The Morgan fingerprint density at radius 1 is 1.19 bits per heavy atom. The molecule has 2 saturated heterocycles. The summed E-state index contributed by atoms with van der Waals surface area (Å²) in [6.45, 7) is 1.96. The summed E-state index contributed by atoms with van der Waals surface area (Å²) in [6.07, 6.45) is 4.64. The van der Waals surface area contributed by atoms with Crippen LogP contribution in [0.3, 0.4) is 0 Å². The minimum atomic E-state index is -0.234. The van der Waals surface area contributed by atoms with Crippen LogP contribution in [0.5, 0.6) is 0 Å². The fraction of sp³-hybridized carbons (Fsp3) is 0.421. The van der Waals surface area contributed by atoms with E-state index in [1.165, 1.54) is 6.20 Å². The van der Waals surface area contributed by atoms with Gasteiger partial charge >= 0.3 is 0 Å². The summed E-state index contributed by atoms with van der Waals surface area (Å²) in [5, 5.41) is 3.48. The molecule has 2 aliphatic heterocycles. The Morgan fingerprint density at radius 3 is 2.73 bits per heavy atom. The van der Waals surface area contributed by atoms with Gasteiger partial charge in [0.1, 0.15) is 5.15 Å². The highest BCUT2D eigenvalue weighted by Gasteiger charge is 2.68. The van der Waals surface area contributed by atoms with E-state index in [-0.39, 0.29) is 35.1 Å². The van der Waals surface area contributed by atoms with Crippen LogP contribution < -0.4 is 5.32 Å². The standard InChI is InChI=1S/C19H17Cl2N3O2/c1-8-2-3-9(6-22-8)14-15(17-12-5-11(12)16(14)26-17)19(25)24-10-4-13(20)18(21)23-7-10/h2-4,6-7,11-12,14-17H,5H2,1H3,(H,24,25). The number of ether oxygens (including phenoxy) is 1. The first-order valence-corrected chi connectivity index (χ1v) is 9.48. The van der Waals surface area contributed by atoms with Gasteiger partial charge in [-0.25, -0.2) is 4.98 Å². The Kier molecular flexibility index (Phi) is 3.75. The van der Waals surface area contributed by atoms with Gasteiger partial charge < -0.3 is 10.1 Å². The van der Waals surface area contributed by atoms with Crippen LogP contribution in [-0.2, 0) is 9.53 Å². The van der Waals surface area contributed by atoms with Gasteiger partial charge in [0.15, 0.2) is 0 Å². The minimum absolute atomic E-state index is 0.0213. The maximum Gasteiger partial charge on any atom is 0.230 e. The Morgan fingerprint density at radius 2 is 2.00 bits per heavy atom. The number of carbonyl (C=O) groups excluding carboxylic acids is 1. The Bertz CT molecular complexity index is 889. The molecule has 4 heterocycles. The number of hydrogen-bond acceptors (Lipinski definition) is 4. The van der Waals surface area contributed by atoms with E-state index in [0.717, 1.165) is 17.7 Å². The van der Waals surface area contributed by atoms with E-state index < -0.39 is 0 Å². The van der Waals surface area contributed by atoms with Crippen molar-refractivity contribution >= 4 is 34.8 Å². The molecule has 0 spiro atoms. The summed E-state index contributed by atoms with van der Waals surface area (Å²) in [5.41, 5.74) is 2.58. The van der Waals surface area contributed by atoms with Gasteiger partial charge in [-0.1, -0.05) is 29.3 Å². The summed E-state index contributed by atoms with van der Waals surface area (Å²) in [5.74, 6) is 0.836. The number of anilines is 1. The summed E-state index contributed by atoms with van der Waals surface area (Å²) in [4.78, 5) is 21.5. The zero-order valence-corrected chi connectivity index (χ0v) is 15.5. The predicted molar refractivity (Wildman–Crippen MR) is 98.3 cm³/mol. The quantitative estimate of drug-likeness (QED) is 0.809. The number of rotatable bonds is 3. The van der Waals surface area contributed by atoms with Crippen molar-refractivity contribution in [1.29, 1.82) is 0 Å². The third-order valence-electron chi connectivity index (χ3n) is 5.83. The molecule has 6 atom stereocenters. The monoisotopic (exact) mass is 389 g/mol. The lowest BCUT2D eigenvalue weighted by atomic mass is 9.75. The fourth-order valence-electron chi connectivity index (χ4n) is 4.59. The van der Waals surface area contributed by atoms with Gasteiger partial charge in [0.05, 0.1) is 35.0 Å². The molecule has 6 unspecified atom stereocenters. The van der Waals surface area contributed by atoms with E-state index >= 15 is 0 Å². The number of fused-ring (bicyclic) bond motifs is 5. The van der Waals surface area contributed by atoms with Crippen molar-refractivity contribution in [3.8, 4) is 0 Å². The summed E-state index contributed by atoms with van der Waals surface area (Å²) in [7, 11) is 0. The molecule has 2 aromatic rings. The molecule has 1 aliphatic carbocycles. The predicted octanol–water partition coefficient (Wildman–Crippen LogP) is 3.85. The van der Waals surface area contributed by atoms with E-state index in [4.69, 9.17) is 27.9 Å². The molecule has 1 saturated carbocycles. The number of aryl methyl sites for hydroxylation is 1. The SMILES string of the molecule is Cc1ccc(C2C3OC(C4CC43)C2C(=O)Nc2cnc(Cl)c(Cl)c2)cn1. The average molecular weight is 390 g/mol. The maximum atomic E-state index is 13.1. The van der Waals surface area contributed by atoms with Crippen LogP contribution in [0.2, 0.25) is 10.2 Å². The van der Waals surface area contributed by atoms with Gasteiger partial charge in [0, 0.05) is 17.8 Å². The Labute approximate surface area is 161 Å². The Hall–Kier alpha value is -1.69. The largest absolute Gasteiger partial charge is 0.373 e. The lowest BCUT2D eigenvalue weighted by molar-refractivity contribution is -0.122. The molecule has 0 aromatic carbocycles. The number of hydrogen-bond donors (Lipinski definition) is 1. The lowest BCUT2D eigenvalue weighted by Gasteiger charge is -2.27. The van der Waals surface area contributed by atoms with Gasteiger partial charge in [0.25, 0.3) is 0 Å². The third-order valence-corrected chi connectivity index (χ3v) is 6.52. The van der Waals surface area contributed by atoms with E-state index in [0.29, 0.717) is 22.5 Å². The van der Waals surface area contributed by atoms with E-state index in [1.54, 1.807) is 6.07 Å². The highest BCUT2D eigenvalue weighted by Crippen LogP contribution is 2.65. The average Bonchev–Trinajstić information content (AvgIpc) is 3.24. The van der Waals surface area contributed by atoms with Gasteiger partial charge in [-0.05, 0) is 42.9 Å². The van der Waals surface area contributed by atoms with Crippen molar-refractivity contribution in [2.75, 3.05) is 5.32 Å². The van der Waals surface area contributed by atoms with Crippen molar-refractivity contribution in [2.24, 2.45) is 17.8 Å². The first-order chi connectivity index (χ1) is 12.5. The number of carbonyl (C=O) groups is 1. The van der Waals surface area contributed by atoms with Crippen LogP contribution in [0.4, 0.5) is 5.69 Å². The number of pyridine rings is 2. The summed E-state index contributed by atoms with van der Waals surface area (Å²) < 4.78 is 6.19. The van der Waals surface area contributed by atoms with Crippen LogP contribution >= 0.6 is 23.2 Å². The number of nitrogens with one attached hydrogen (secondary N) is 1. The summed E-state index contributed by atoms with van der Waals surface area (Å²) >= 11 is 11.9. The van der Waals surface area contributed by atoms with Gasteiger partial charge in [-0.2, -0.15) is 0 Å². The highest BCUT2D eigenvalue weighted by atomic mass is 35.5. The molecule has 1 amide bonds. The molecule has 26 heavy (non-hydrogen) atoms. The second-order valence-corrected chi connectivity index (χ2v) is 8.16. The molecule has 1 N–H and O–H groups in total. The second kappa shape index (κ2) is 5.91. The normalized spacial score (nSPS) is 33.8. The molecule has 134 valence electrons. The number of aromatic nitrogens is 2. The maximum absolute atomic E-state index is 13.1. The zero-order valence-electron chi connectivity index (χ0n) is 14.0. The first kappa shape index (κ1) is 16.5. The second-order valence-electron chi connectivity index (χ2n) is 7.40. The minimum Gasteiger partial charge on any atom is -0.373 e. The van der Waals surface area contributed by atoms with Crippen molar-refractivity contribution in [3.05, 3.63) is 52.0 Å². The van der Waals surface area contributed by atoms with Gasteiger partial charge in [-0.3, -0.25) is 9.78 Å². The molecule has 5 rings (SSSR count). The fourth-order valence-corrected chi connectivity index (χ4v) is 4.86. The smallest absolute Gasteiger partial charge is 0.230 e. The topological polar surface area (TPSA) is 64.1 Å². The first-order valence-electron chi connectivity index (χ1n) is 8.73. The molecule has 2 aromatic heterocycles. The number of nitrogens with zero attached hydrogens (tertiary/aromatic N) is 2. The number of amides is 1. The Balaban J connectivity index is 1.44. The molecule has 5 nitrogen and oxygen atoms in total. The molecule has 7 heteroatoms. The van der Waals surface area contributed by atoms with Crippen LogP contribution in [-0.4, -0.2) is 28.1 Å². The van der Waals surface area contributed by atoms with Crippen LogP contribution in [0, 0.1) is 24.7 Å². The van der Waals surface area contributed by atoms with E-state index in [9.17, 15) is 4.79 Å². The molecule has 3 fully saturated rings. The van der Waals surface area contributed by atoms with Gasteiger partial charge in [-0.15, -0.1) is 0 Å². The highest BCUT2D eigenvalue weighted by molar-refractivity contribution is 6.41. The molecular formula is C19H17Cl2N3O2. The molecule has 2 bridgehead atoms. The third kappa shape index (κ3) is 2.53. The summed E-state index contributed by atoms with van der Waals surface area (Å²) in [6, 6.07) is 5.67. The van der Waals surface area contributed by atoms with E-state index in [1.807, 2.05) is 19.2 Å². The molecule has 3 aliphatic rings. The molecular weight excluding hydrogens is 373 g/mol.